The summed E-state index contributed by atoms with van der Waals surface area (Å²) in [5.74, 6) is 1.67. The van der Waals surface area contributed by atoms with Crippen LogP contribution in [0.4, 0.5) is 0 Å². The van der Waals surface area contributed by atoms with Crippen LogP contribution in [0.15, 0.2) is 24.3 Å². The molecule has 0 radical (unpaired) electrons. The van der Waals surface area contributed by atoms with Crippen molar-refractivity contribution in [2.75, 3.05) is 6.54 Å². The molecule has 0 aromatic heterocycles. The maximum atomic E-state index is 3.84. The van der Waals surface area contributed by atoms with Crippen LogP contribution in [0.1, 0.15) is 62.5 Å². The van der Waals surface area contributed by atoms with E-state index >= 15 is 0 Å². The molecule has 2 unspecified atom stereocenters. The second-order valence-corrected chi connectivity index (χ2v) is 6.53. The molecule has 104 valence electrons. The minimum absolute atomic E-state index is 0.705. The number of aryl methyl sites for hydroxylation is 1. The zero-order valence-corrected chi connectivity index (χ0v) is 12.2. The van der Waals surface area contributed by atoms with E-state index in [2.05, 4.69) is 36.5 Å². The van der Waals surface area contributed by atoms with E-state index in [1.165, 1.54) is 51.5 Å². The molecule has 0 bridgehead atoms. The summed E-state index contributed by atoms with van der Waals surface area (Å²) in [6.45, 7) is 3.57. The molecule has 1 N–H and O–H groups in total. The topological polar surface area (TPSA) is 12.0 Å². The largest absolute Gasteiger partial charge is 0.313 e. The molecule has 1 heteroatoms. The quantitative estimate of drug-likeness (QED) is 0.849. The van der Waals surface area contributed by atoms with Gasteiger partial charge in [0.1, 0.15) is 0 Å². The molecule has 1 saturated carbocycles. The second kappa shape index (κ2) is 6.09. The molecule has 2 atom stereocenters. The fourth-order valence-electron chi connectivity index (χ4n) is 4.02. The molecule has 0 saturated heterocycles. The van der Waals surface area contributed by atoms with E-state index in [1.807, 2.05) is 0 Å². The normalized spacial score (nSPS) is 25.2. The van der Waals surface area contributed by atoms with Gasteiger partial charge in [-0.05, 0) is 62.0 Å². The van der Waals surface area contributed by atoms with Crippen LogP contribution in [0.2, 0.25) is 0 Å². The van der Waals surface area contributed by atoms with Gasteiger partial charge in [-0.3, -0.25) is 0 Å². The highest BCUT2D eigenvalue weighted by Crippen LogP contribution is 2.32. The number of rotatable bonds is 4. The summed E-state index contributed by atoms with van der Waals surface area (Å²) in [5, 5.41) is 3.84. The lowest BCUT2D eigenvalue weighted by Gasteiger charge is -2.28. The molecule has 3 rings (SSSR count). The zero-order valence-electron chi connectivity index (χ0n) is 12.2. The van der Waals surface area contributed by atoms with Crippen molar-refractivity contribution in [2.24, 2.45) is 5.92 Å². The minimum atomic E-state index is 0.705. The standard InChI is InChI=1S/C18H27N/c1-14(15-7-2-3-8-15)19-13-17-11-6-10-16-9-4-5-12-18(16)17/h4-5,9,12,14-15,17,19H,2-3,6-8,10-11,13H2,1H3. The second-order valence-electron chi connectivity index (χ2n) is 6.53. The van der Waals surface area contributed by atoms with Crippen molar-refractivity contribution in [3.63, 3.8) is 0 Å². The highest BCUT2D eigenvalue weighted by atomic mass is 14.9. The first-order valence-corrected chi connectivity index (χ1v) is 8.16. The van der Waals surface area contributed by atoms with Crippen LogP contribution in [0.5, 0.6) is 0 Å². The van der Waals surface area contributed by atoms with Gasteiger partial charge in [0.05, 0.1) is 0 Å². The summed E-state index contributed by atoms with van der Waals surface area (Å²) in [6, 6.07) is 9.77. The molecule has 1 nitrogen and oxygen atoms in total. The molecule has 0 amide bonds. The van der Waals surface area contributed by atoms with E-state index in [9.17, 15) is 0 Å². The minimum Gasteiger partial charge on any atom is -0.313 e. The Morgan fingerprint density at radius 3 is 2.74 bits per heavy atom. The first-order chi connectivity index (χ1) is 9.34. The monoisotopic (exact) mass is 257 g/mol. The molecule has 0 heterocycles. The first kappa shape index (κ1) is 13.2. The van der Waals surface area contributed by atoms with E-state index in [0.29, 0.717) is 6.04 Å². The highest BCUT2D eigenvalue weighted by molar-refractivity contribution is 5.32. The summed E-state index contributed by atoms with van der Waals surface area (Å²) >= 11 is 0. The molecular weight excluding hydrogens is 230 g/mol. The summed E-state index contributed by atoms with van der Waals surface area (Å²) in [6.07, 6.45) is 9.78. The summed E-state index contributed by atoms with van der Waals surface area (Å²) in [5.41, 5.74) is 3.20. The van der Waals surface area contributed by atoms with E-state index in [4.69, 9.17) is 0 Å². The number of fused-ring (bicyclic) bond motifs is 1. The van der Waals surface area contributed by atoms with Crippen molar-refractivity contribution in [3.05, 3.63) is 35.4 Å². The maximum Gasteiger partial charge on any atom is 0.00672 e. The molecule has 2 aliphatic rings. The third kappa shape index (κ3) is 3.02. The van der Waals surface area contributed by atoms with Crippen molar-refractivity contribution in [3.8, 4) is 0 Å². The van der Waals surface area contributed by atoms with Gasteiger partial charge in [-0.1, -0.05) is 37.1 Å². The van der Waals surface area contributed by atoms with Crippen LogP contribution in [-0.2, 0) is 6.42 Å². The Hall–Kier alpha value is -0.820. The molecule has 0 spiro atoms. The Morgan fingerprint density at radius 2 is 1.89 bits per heavy atom. The molecule has 19 heavy (non-hydrogen) atoms. The lowest BCUT2D eigenvalue weighted by atomic mass is 9.82. The van der Waals surface area contributed by atoms with Gasteiger partial charge < -0.3 is 5.32 Å². The Morgan fingerprint density at radius 1 is 1.11 bits per heavy atom. The predicted octanol–water partition coefficient (Wildman–Crippen LogP) is 4.27. The molecular formula is C18H27N. The average molecular weight is 257 g/mol. The SMILES string of the molecule is CC(NCC1CCCc2ccccc21)C1CCCC1. The average Bonchev–Trinajstić information content (AvgIpc) is 2.99. The van der Waals surface area contributed by atoms with Gasteiger partial charge in [0.2, 0.25) is 0 Å². The summed E-state index contributed by atoms with van der Waals surface area (Å²) in [7, 11) is 0. The first-order valence-electron chi connectivity index (χ1n) is 8.16. The molecule has 1 fully saturated rings. The zero-order chi connectivity index (χ0) is 13.1. The lowest BCUT2D eigenvalue weighted by Crippen LogP contribution is -2.36. The summed E-state index contributed by atoms with van der Waals surface area (Å²) < 4.78 is 0. The Balaban J connectivity index is 1.58. The van der Waals surface area contributed by atoms with Crippen molar-refractivity contribution in [2.45, 2.75) is 63.8 Å². The lowest BCUT2D eigenvalue weighted by molar-refractivity contribution is 0.363. The summed E-state index contributed by atoms with van der Waals surface area (Å²) in [4.78, 5) is 0. The number of hydrogen-bond donors (Lipinski definition) is 1. The van der Waals surface area contributed by atoms with Crippen molar-refractivity contribution < 1.29 is 0 Å². The molecule has 2 aliphatic carbocycles. The van der Waals surface area contributed by atoms with E-state index in [1.54, 1.807) is 11.1 Å². The molecule has 1 aromatic carbocycles. The van der Waals surface area contributed by atoms with Crippen LogP contribution in [0, 0.1) is 5.92 Å². The van der Waals surface area contributed by atoms with Gasteiger partial charge in [0.25, 0.3) is 0 Å². The molecule has 1 aromatic rings. The van der Waals surface area contributed by atoms with Gasteiger partial charge in [0.15, 0.2) is 0 Å². The number of nitrogens with one attached hydrogen (secondary N) is 1. The number of benzene rings is 1. The highest BCUT2D eigenvalue weighted by Gasteiger charge is 2.24. The van der Waals surface area contributed by atoms with Crippen LogP contribution in [-0.4, -0.2) is 12.6 Å². The van der Waals surface area contributed by atoms with Gasteiger partial charge in [-0.2, -0.15) is 0 Å². The third-order valence-corrected chi connectivity index (χ3v) is 5.29. The van der Waals surface area contributed by atoms with Crippen molar-refractivity contribution in [1.82, 2.24) is 5.32 Å². The third-order valence-electron chi connectivity index (χ3n) is 5.29. The Kier molecular flexibility index (Phi) is 4.22. The predicted molar refractivity (Wildman–Crippen MR) is 81.5 cm³/mol. The Bertz CT molecular complexity index is 406. The fraction of sp³-hybridized carbons (Fsp3) is 0.667. The molecule has 0 aliphatic heterocycles. The smallest absolute Gasteiger partial charge is 0.00672 e. The van der Waals surface area contributed by atoms with Gasteiger partial charge >= 0.3 is 0 Å². The van der Waals surface area contributed by atoms with Crippen LogP contribution in [0.25, 0.3) is 0 Å². The van der Waals surface area contributed by atoms with E-state index in [-0.39, 0.29) is 0 Å². The van der Waals surface area contributed by atoms with E-state index in [0.717, 1.165) is 11.8 Å². The fourth-order valence-corrected chi connectivity index (χ4v) is 4.02. The van der Waals surface area contributed by atoms with Gasteiger partial charge in [0, 0.05) is 12.6 Å². The van der Waals surface area contributed by atoms with E-state index < -0.39 is 0 Å². The maximum absolute atomic E-state index is 3.84. The van der Waals surface area contributed by atoms with Crippen LogP contribution < -0.4 is 5.32 Å². The van der Waals surface area contributed by atoms with Crippen molar-refractivity contribution >= 4 is 0 Å². The van der Waals surface area contributed by atoms with Crippen molar-refractivity contribution in [1.29, 1.82) is 0 Å². The Labute approximate surface area is 117 Å². The van der Waals surface area contributed by atoms with Crippen LogP contribution in [0.3, 0.4) is 0 Å². The van der Waals surface area contributed by atoms with Gasteiger partial charge in [-0.25, -0.2) is 0 Å². The van der Waals surface area contributed by atoms with Crippen LogP contribution >= 0.6 is 0 Å². The van der Waals surface area contributed by atoms with Gasteiger partial charge in [-0.15, -0.1) is 0 Å². The number of hydrogen-bond acceptors (Lipinski definition) is 1.